The molecular weight excluding hydrogens is 899 g/mol. The molecule has 1 aromatic heterocycles. The molecule has 0 aliphatic rings. The number of para-hydroxylation sites is 1. The molecule has 25 nitrogen and oxygen atoms in total. The van der Waals surface area contributed by atoms with Gasteiger partial charge in [0.2, 0.25) is 35.4 Å². The van der Waals surface area contributed by atoms with Crippen LogP contribution in [0.4, 0.5) is 0 Å². The van der Waals surface area contributed by atoms with Crippen LogP contribution in [-0.4, -0.2) is 136 Å². The summed E-state index contributed by atoms with van der Waals surface area (Å²) in [7, 11) is 0. The standard InChI is InChI=1S/C44H73N15O10/c1-5-24(4)35(41(67)55-30(42(68)69)16-11-19-52-44(49)50)59-39(65)32(21-33(60)61)56-38(64)31(20-25-22-53-28-14-7-6-12-26(25)28)57-40(66)34(23(2)3)58-37(63)29(15-8-9-17-45)54-36(62)27(46)13-10-18-51-43(47)48/h6-7,12,14,22-24,27,29-32,34-35,53H,5,8-11,13,15-21,45-46H2,1-4H3,(H,54,62)(H,55,67)(H,56,64)(H,57,66)(H,58,63)(H,59,65)(H,60,61)(H,68,69)(H4,47,48,51)(H4,49,50,52)/t24-,27-,29-,30-,31-,32-,34-,35-/m0/s1. The second-order valence-electron chi connectivity index (χ2n) is 17.1. The number of nitrogens with two attached hydrogens (primary N) is 6. The van der Waals surface area contributed by atoms with E-state index in [2.05, 4.69) is 46.9 Å². The van der Waals surface area contributed by atoms with E-state index in [1.807, 2.05) is 0 Å². The smallest absolute Gasteiger partial charge is 0.326 e. The summed E-state index contributed by atoms with van der Waals surface area (Å²) in [5, 5.41) is 35.8. The molecule has 0 aliphatic heterocycles. The van der Waals surface area contributed by atoms with Crippen LogP contribution >= 0.6 is 0 Å². The van der Waals surface area contributed by atoms with E-state index in [1.165, 1.54) is 0 Å². The summed E-state index contributed by atoms with van der Waals surface area (Å²) in [5.41, 5.74) is 34.5. The van der Waals surface area contributed by atoms with Gasteiger partial charge in [0.05, 0.1) is 12.5 Å². The molecule has 21 N–H and O–H groups in total. The van der Waals surface area contributed by atoms with E-state index in [0.717, 1.165) is 0 Å². The number of hydrogen-bond acceptors (Lipinski definition) is 12. The molecule has 25 heteroatoms. The molecule has 0 spiro atoms. The van der Waals surface area contributed by atoms with Crippen molar-refractivity contribution in [1.82, 2.24) is 36.9 Å². The normalized spacial score (nSPS) is 14.6. The van der Waals surface area contributed by atoms with Crippen molar-refractivity contribution in [3.63, 3.8) is 0 Å². The van der Waals surface area contributed by atoms with Crippen LogP contribution in [0.15, 0.2) is 40.4 Å². The number of carboxylic acid groups (broad SMARTS) is 2. The van der Waals surface area contributed by atoms with Gasteiger partial charge in [-0.25, -0.2) is 4.79 Å². The van der Waals surface area contributed by atoms with Gasteiger partial charge in [0.1, 0.15) is 36.3 Å². The number of aliphatic carboxylic acids is 2. The van der Waals surface area contributed by atoms with Crippen molar-refractivity contribution in [1.29, 1.82) is 0 Å². The van der Waals surface area contributed by atoms with E-state index in [-0.39, 0.29) is 57.1 Å². The molecule has 0 unspecified atom stereocenters. The zero-order valence-corrected chi connectivity index (χ0v) is 39.8. The predicted octanol–water partition coefficient (Wildman–Crippen LogP) is -2.56. The van der Waals surface area contributed by atoms with Crippen LogP contribution in [0.1, 0.15) is 91.0 Å². The number of unbranched alkanes of at least 4 members (excludes halogenated alkanes) is 1. The topological polar surface area (TPSA) is 446 Å². The summed E-state index contributed by atoms with van der Waals surface area (Å²) in [5.74, 6) is -9.43. The number of carboxylic acids is 2. The predicted molar refractivity (Wildman–Crippen MR) is 258 cm³/mol. The Bertz CT molecular complexity index is 2100. The molecule has 0 saturated carbocycles. The second-order valence-corrected chi connectivity index (χ2v) is 17.1. The molecule has 0 saturated heterocycles. The number of aromatic nitrogens is 1. The molecule has 2 aromatic rings. The van der Waals surface area contributed by atoms with E-state index in [1.54, 1.807) is 58.2 Å². The Balaban J connectivity index is 2.45. The number of guanidine groups is 2. The van der Waals surface area contributed by atoms with Crippen LogP contribution in [0.2, 0.25) is 0 Å². The SMILES string of the molecule is CC[C@H](C)[C@H](NC(=O)[C@H](CC(=O)O)NC(=O)[C@H](Cc1c[nH]c2ccccc12)NC(=O)[C@@H](NC(=O)[C@H](CCCCN)NC(=O)[C@@H](N)CCCN=C(N)N)C(C)C)C(=O)N[C@@H](CCCN=C(N)N)C(=O)O. The minimum absolute atomic E-state index is 0.0636. The molecule has 69 heavy (non-hydrogen) atoms. The zero-order chi connectivity index (χ0) is 51.8. The Morgan fingerprint density at radius 1 is 0.638 bits per heavy atom. The Hall–Kier alpha value is -7.02. The van der Waals surface area contributed by atoms with Crippen LogP contribution in [0, 0.1) is 11.8 Å². The zero-order valence-electron chi connectivity index (χ0n) is 39.8. The number of carbonyl (C=O) groups is 8. The van der Waals surface area contributed by atoms with E-state index in [4.69, 9.17) is 34.4 Å². The van der Waals surface area contributed by atoms with Gasteiger partial charge in [-0.3, -0.25) is 43.5 Å². The van der Waals surface area contributed by atoms with Crippen molar-refractivity contribution in [2.45, 2.75) is 134 Å². The molecule has 0 radical (unpaired) electrons. The van der Waals surface area contributed by atoms with Gasteiger partial charge in [-0.15, -0.1) is 0 Å². The summed E-state index contributed by atoms with van der Waals surface area (Å²) < 4.78 is 0. The van der Waals surface area contributed by atoms with E-state index in [9.17, 15) is 48.6 Å². The van der Waals surface area contributed by atoms with Gasteiger partial charge in [0, 0.05) is 36.6 Å². The molecule has 0 aliphatic carbocycles. The van der Waals surface area contributed by atoms with Crippen LogP contribution in [0.5, 0.6) is 0 Å². The van der Waals surface area contributed by atoms with E-state index < -0.39 is 108 Å². The highest BCUT2D eigenvalue weighted by molar-refractivity contribution is 5.98. The van der Waals surface area contributed by atoms with Crippen molar-refractivity contribution in [2.24, 2.45) is 56.2 Å². The van der Waals surface area contributed by atoms with E-state index >= 15 is 0 Å². The first-order valence-corrected chi connectivity index (χ1v) is 23.0. The first kappa shape index (κ1) is 58.1. The van der Waals surface area contributed by atoms with Crippen LogP contribution in [-0.2, 0) is 44.8 Å². The van der Waals surface area contributed by atoms with Gasteiger partial charge in [0.25, 0.3) is 0 Å². The highest BCUT2D eigenvalue weighted by atomic mass is 16.4. The van der Waals surface area contributed by atoms with Gasteiger partial charge in [-0.05, 0) is 75.0 Å². The first-order valence-electron chi connectivity index (χ1n) is 23.0. The van der Waals surface area contributed by atoms with Gasteiger partial charge in [0.15, 0.2) is 11.9 Å². The number of H-pyrrole nitrogens is 1. The second kappa shape index (κ2) is 29.7. The summed E-state index contributed by atoms with van der Waals surface area (Å²) >= 11 is 0. The number of nitrogens with zero attached hydrogens (tertiary/aromatic N) is 2. The molecule has 0 bridgehead atoms. The number of aliphatic imine (C=N–C) groups is 2. The molecule has 1 aromatic carbocycles. The number of rotatable bonds is 32. The maximum Gasteiger partial charge on any atom is 0.326 e. The number of carbonyl (C=O) groups excluding carboxylic acids is 6. The molecule has 2 rings (SSSR count). The highest BCUT2D eigenvalue weighted by Crippen LogP contribution is 2.20. The lowest BCUT2D eigenvalue weighted by molar-refractivity contribution is -0.144. The van der Waals surface area contributed by atoms with Crippen molar-refractivity contribution < 1.29 is 48.6 Å². The average Bonchev–Trinajstić information content (AvgIpc) is 3.70. The fourth-order valence-corrected chi connectivity index (χ4v) is 7.11. The fraction of sp³-hybridized carbons (Fsp3) is 0.591. The molecular formula is C44H73N15O10. The Morgan fingerprint density at radius 2 is 1.16 bits per heavy atom. The highest BCUT2D eigenvalue weighted by Gasteiger charge is 2.36. The number of aromatic amines is 1. The third kappa shape index (κ3) is 20.4. The summed E-state index contributed by atoms with van der Waals surface area (Å²) in [6.45, 7) is 7.28. The van der Waals surface area contributed by atoms with Gasteiger partial charge in [-0.2, -0.15) is 0 Å². The van der Waals surface area contributed by atoms with Crippen molar-refractivity contribution in [3.8, 4) is 0 Å². The summed E-state index contributed by atoms with van der Waals surface area (Å²) in [4.78, 5) is 118. The third-order valence-corrected chi connectivity index (χ3v) is 11.2. The van der Waals surface area contributed by atoms with Crippen molar-refractivity contribution >= 4 is 70.2 Å². The molecule has 6 amide bonds. The number of benzene rings is 1. The number of amides is 6. The third-order valence-electron chi connectivity index (χ3n) is 11.2. The molecule has 1 heterocycles. The first-order chi connectivity index (χ1) is 32.6. The van der Waals surface area contributed by atoms with E-state index in [0.29, 0.717) is 48.7 Å². The quantitative estimate of drug-likeness (QED) is 0.0204. The fourth-order valence-electron chi connectivity index (χ4n) is 7.11. The summed E-state index contributed by atoms with van der Waals surface area (Å²) in [6, 6.07) is -2.35. The minimum Gasteiger partial charge on any atom is -0.481 e. The molecule has 384 valence electrons. The summed E-state index contributed by atoms with van der Waals surface area (Å²) in [6.07, 6.45) is 2.65. The van der Waals surface area contributed by atoms with Gasteiger partial charge in [-0.1, -0.05) is 52.3 Å². The Morgan fingerprint density at radius 3 is 1.74 bits per heavy atom. The minimum atomic E-state index is -1.80. The van der Waals surface area contributed by atoms with Gasteiger partial charge < -0.3 is 81.5 Å². The number of hydrogen-bond donors (Lipinski definition) is 15. The van der Waals surface area contributed by atoms with Gasteiger partial charge >= 0.3 is 11.9 Å². The van der Waals surface area contributed by atoms with Crippen molar-refractivity contribution in [2.75, 3.05) is 19.6 Å². The number of nitrogens with one attached hydrogen (secondary N) is 7. The monoisotopic (exact) mass is 972 g/mol. The Labute approximate surface area is 400 Å². The maximum absolute atomic E-state index is 14.4. The number of fused-ring (bicyclic) bond motifs is 1. The van der Waals surface area contributed by atoms with Crippen LogP contribution < -0.4 is 66.3 Å². The molecule has 0 fully saturated rings. The van der Waals surface area contributed by atoms with Crippen molar-refractivity contribution in [3.05, 3.63) is 36.0 Å². The lowest BCUT2D eigenvalue weighted by atomic mass is 9.96. The largest absolute Gasteiger partial charge is 0.481 e. The maximum atomic E-state index is 14.4. The van der Waals surface area contributed by atoms with Crippen LogP contribution in [0.25, 0.3) is 10.9 Å². The average molecular weight is 972 g/mol. The molecule has 8 atom stereocenters. The Kier molecular flexibility index (Phi) is 25.0. The van der Waals surface area contributed by atoms with Crippen LogP contribution in [0.3, 0.4) is 0 Å². The lowest BCUT2D eigenvalue weighted by Crippen LogP contribution is -2.61. The lowest BCUT2D eigenvalue weighted by Gasteiger charge is -2.29.